The normalized spacial score (nSPS) is 17.0. The number of hydrogen-bond acceptors (Lipinski definition) is 6. The molecule has 1 aliphatic heterocycles. The third-order valence-electron chi connectivity index (χ3n) is 3.86. The Morgan fingerprint density at radius 1 is 1.42 bits per heavy atom. The van der Waals surface area contributed by atoms with Gasteiger partial charge >= 0.3 is 5.97 Å². The van der Waals surface area contributed by atoms with Crippen molar-refractivity contribution < 1.29 is 19.1 Å². The Morgan fingerprint density at radius 2 is 2.15 bits per heavy atom. The van der Waals surface area contributed by atoms with Crippen molar-refractivity contribution in [3.8, 4) is 11.8 Å². The average molecular weight is 378 g/mol. The van der Waals surface area contributed by atoms with Crippen LogP contribution >= 0.6 is 11.3 Å². The summed E-state index contributed by atoms with van der Waals surface area (Å²) in [6.07, 6.45) is 0.683. The lowest BCUT2D eigenvalue weighted by Gasteiger charge is -2.17. The van der Waals surface area contributed by atoms with Crippen LogP contribution in [0.25, 0.3) is 0 Å². The van der Waals surface area contributed by atoms with Crippen molar-refractivity contribution >= 4 is 28.9 Å². The largest absolute Gasteiger partial charge is 0.465 e. The monoisotopic (exact) mass is 378 g/mol. The predicted octanol–water partition coefficient (Wildman–Crippen LogP) is 2.59. The van der Waals surface area contributed by atoms with E-state index >= 15 is 0 Å². The third kappa shape index (κ3) is 5.23. The van der Waals surface area contributed by atoms with Gasteiger partial charge in [0.1, 0.15) is 10.9 Å². The van der Waals surface area contributed by atoms with Gasteiger partial charge in [0.05, 0.1) is 24.3 Å². The Balaban J connectivity index is 2.19. The number of esters is 1. The molecule has 26 heavy (non-hydrogen) atoms. The van der Waals surface area contributed by atoms with E-state index in [9.17, 15) is 9.59 Å². The summed E-state index contributed by atoms with van der Waals surface area (Å²) in [5, 5.41) is 3.21. The zero-order valence-electron chi connectivity index (χ0n) is 16.0. The first kappa shape index (κ1) is 20.3. The molecule has 1 atom stereocenters. The van der Waals surface area contributed by atoms with E-state index in [-0.39, 0.29) is 17.4 Å². The Morgan fingerprint density at radius 3 is 2.77 bits per heavy atom. The molecular weight excluding hydrogens is 352 g/mol. The van der Waals surface area contributed by atoms with Crippen LogP contribution in [0, 0.1) is 17.3 Å². The fourth-order valence-corrected chi connectivity index (χ4v) is 3.43. The highest BCUT2D eigenvalue weighted by Crippen LogP contribution is 2.30. The number of nitrogens with one attached hydrogen (secondary N) is 1. The van der Waals surface area contributed by atoms with Crippen molar-refractivity contribution in [3.63, 3.8) is 0 Å². The van der Waals surface area contributed by atoms with Crippen molar-refractivity contribution in [2.75, 3.05) is 39.2 Å². The maximum Gasteiger partial charge on any atom is 0.350 e. The average Bonchev–Trinajstić information content (AvgIpc) is 3.15. The van der Waals surface area contributed by atoms with Crippen LogP contribution in [0.4, 0.5) is 5.69 Å². The lowest BCUT2D eigenvalue weighted by molar-refractivity contribution is -0.128. The summed E-state index contributed by atoms with van der Waals surface area (Å²) in [6.45, 7) is 7.84. The van der Waals surface area contributed by atoms with Crippen LogP contribution in [0.5, 0.6) is 0 Å². The number of likely N-dealkylation sites (tertiary alicyclic amines) is 1. The summed E-state index contributed by atoms with van der Waals surface area (Å²) in [4.78, 5) is 27.6. The molecule has 0 aliphatic carbocycles. The van der Waals surface area contributed by atoms with E-state index in [1.54, 1.807) is 12.0 Å². The SMILES string of the molecule is COCCN1CC[C@H](Nc2cc(C#CC(C)(C)C)sc2C(=O)OC)C1=O. The zero-order chi connectivity index (χ0) is 19.3. The fourth-order valence-electron chi connectivity index (χ4n) is 2.54. The second kappa shape index (κ2) is 8.56. The molecule has 0 aromatic carbocycles. The summed E-state index contributed by atoms with van der Waals surface area (Å²) in [5.41, 5.74) is 0.471. The van der Waals surface area contributed by atoms with Crippen LogP contribution in [0.15, 0.2) is 6.07 Å². The van der Waals surface area contributed by atoms with Gasteiger partial charge in [0.15, 0.2) is 0 Å². The predicted molar refractivity (Wildman–Crippen MR) is 102 cm³/mol. The Hall–Kier alpha value is -2.04. The van der Waals surface area contributed by atoms with Crippen molar-refractivity contribution in [1.29, 1.82) is 0 Å². The number of anilines is 1. The molecule has 1 aromatic rings. The van der Waals surface area contributed by atoms with E-state index in [0.717, 1.165) is 4.88 Å². The molecule has 0 bridgehead atoms. The summed E-state index contributed by atoms with van der Waals surface area (Å²) in [6, 6.07) is 1.47. The summed E-state index contributed by atoms with van der Waals surface area (Å²) >= 11 is 1.28. The molecule has 7 heteroatoms. The molecule has 2 rings (SSSR count). The fraction of sp³-hybridized carbons (Fsp3) is 0.579. The number of carbonyl (C=O) groups is 2. The maximum absolute atomic E-state index is 12.5. The highest BCUT2D eigenvalue weighted by atomic mass is 32.1. The molecule has 1 aliphatic rings. The van der Waals surface area contributed by atoms with Gasteiger partial charge in [-0.25, -0.2) is 4.79 Å². The van der Waals surface area contributed by atoms with Gasteiger partial charge in [-0.2, -0.15) is 0 Å². The van der Waals surface area contributed by atoms with Crippen LogP contribution in [0.2, 0.25) is 0 Å². The number of amides is 1. The number of ether oxygens (including phenoxy) is 2. The van der Waals surface area contributed by atoms with Gasteiger partial charge in [-0.1, -0.05) is 11.8 Å². The molecule has 0 radical (unpaired) electrons. The van der Waals surface area contributed by atoms with Gasteiger partial charge in [-0.3, -0.25) is 4.79 Å². The quantitative estimate of drug-likeness (QED) is 0.609. The van der Waals surface area contributed by atoms with E-state index in [0.29, 0.717) is 36.7 Å². The standard InChI is InChI=1S/C19H26N2O4S/c1-19(2,3)8-6-13-12-15(16(26-13)18(23)25-5)20-14-7-9-21(17(14)22)10-11-24-4/h12,14,20H,7,9-11H2,1-5H3/t14-/m0/s1. The summed E-state index contributed by atoms with van der Waals surface area (Å²) in [7, 11) is 2.96. The molecule has 1 amide bonds. The second-order valence-corrected chi connectivity index (χ2v) is 8.20. The molecule has 1 saturated heterocycles. The number of rotatable bonds is 6. The van der Waals surface area contributed by atoms with Crippen LogP contribution in [0.1, 0.15) is 41.7 Å². The van der Waals surface area contributed by atoms with Gasteiger partial charge in [0.2, 0.25) is 5.91 Å². The van der Waals surface area contributed by atoms with Gasteiger partial charge in [-0.05, 0) is 33.3 Å². The molecule has 1 fully saturated rings. The number of thiophene rings is 1. The van der Waals surface area contributed by atoms with Crippen LogP contribution in [-0.4, -0.2) is 56.7 Å². The lowest BCUT2D eigenvalue weighted by Crippen LogP contribution is -2.35. The molecule has 1 aromatic heterocycles. The lowest BCUT2D eigenvalue weighted by atomic mass is 9.98. The van der Waals surface area contributed by atoms with Gasteiger partial charge < -0.3 is 19.7 Å². The Bertz CT molecular complexity index is 724. The topological polar surface area (TPSA) is 67.9 Å². The second-order valence-electron chi connectivity index (χ2n) is 7.15. The minimum atomic E-state index is -0.428. The molecule has 0 unspecified atom stereocenters. The summed E-state index contributed by atoms with van der Waals surface area (Å²) < 4.78 is 9.91. The number of carbonyl (C=O) groups excluding carboxylic acids is 2. The number of methoxy groups -OCH3 is 2. The van der Waals surface area contributed by atoms with Crippen molar-refractivity contribution in [3.05, 3.63) is 15.8 Å². The highest BCUT2D eigenvalue weighted by molar-refractivity contribution is 7.15. The van der Waals surface area contributed by atoms with E-state index in [1.165, 1.54) is 18.4 Å². The van der Waals surface area contributed by atoms with Crippen molar-refractivity contribution in [1.82, 2.24) is 4.90 Å². The Labute approximate surface area is 158 Å². The van der Waals surface area contributed by atoms with Gasteiger partial charge in [0.25, 0.3) is 0 Å². The van der Waals surface area contributed by atoms with E-state index in [2.05, 4.69) is 17.2 Å². The smallest absolute Gasteiger partial charge is 0.350 e. The first-order valence-corrected chi connectivity index (χ1v) is 9.36. The molecule has 2 heterocycles. The number of hydrogen-bond donors (Lipinski definition) is 1. The highest BCUT2D eigenvalue weighted by Gasteiger charge is 2.32. The van der Waals surface area contributed by atoms with Gasteiger partial charge in [-0.15, -0.1) is 11.3 Å². The zero-order valence-corrected chi connectivity index (χ0v) is 16.8. The molecule has 1 N–H and O–H groups in total. The Kier molecular flexibility index (Phi) is 6.68. The minimum Gasteiger partial charge on any atom is -0.465 e. The van der Waals surface area contributed by atoms with E-state index in [1.807, 2.05) is 26.8 Å². The van der Waals surface area contributed by atoms with Crippen LogP contribution < -0.4 is 5.32 Å². The van der Waals surface area contributed by atoms with Crippen LogP contribution in [-0.2, 0) is 14.3 Å². The molecule has 0 spiro atoms. The first-order chi connectivity index (χ1) is 12.2. The maximum atomic E-state index is 12.5. The minimum absolute atomic E-state index is 0.0198. The number of nitrogens with zero attached hydrogens (tertiary/aromatic N) is 1. The van der Waals surface area contributed by atoms with Gasteiger partial charge in [0, 0.05) is 25.6 Å². The third-order valence-corrected chi connectivity index (χ3v) is 4.89. The van der Waals surface area contributed by atoms with E-state index in [4.69, 9.17) is 9.47 Å². The molecule has 6 nitrogen and oxygen atoms in total. The van der Waals surface area contributed by atoms with Crippen molar-refractivity contribution in [2.24, 2.45) is 5.41 Å². The molecule has 0 saturated carbocycles. The summed E-state index contributed by atoms with van der Waals surface area (Å²) in [5.74, 6) is 5.86. The van der Waals surface area contributed by atoms with E-state index < -0.39 is 5.97 Å². The molecular formula is C19H26N2O4S. The first-order valence-electron chi connectivity index (χ1n) is 8.54. The molecule has 142 valence electrons. The van der Waals surface area contributed by atoms with Crippen LogP contribution in [0.3, 0.4) is 0 Å². The van der Waals surface area contributed by atoms with Crippen molar-refractivity contribution in [2.45, 2.75) is 33.2 Å².